The first kappa shape index (κ1) is 9.58. The van der Waals surface area contributed by atoms with Crippen LogP contribution in [0.15, 0.2) is 36.9 Å². The maximum Gasteiger partial charge on any atom is 0.143 e. The third-order valence-corrected chi connectivity index (χ3v) is 2.26. The molecule has 2 heterocycles. The topological polar surface area (TPSA) is 87.2 Å². The minimum absolute atomic E-state index is 0.614. The number of nitrogens with zero attached hydrogens (tertiary/aromatic N) is 8. The summed E-state index contributed by atoms with van der Waals surface area (Å²) in [5.74, 6) is 0. The normalized spacial score (nSPS) is 10.6. The Morgan fingerprint density at radius 3 is 2.65 bits per heavy atom. The van der Waals surface area contributed by atoms with Gasteiger partial charge in [0.15, 0.2) is 0 Å². The molecule has 0 bridgehead atoms. The molecule has 17 heavy (non-hydrogen) atoms. The number of hydrogen-bond donors (Lipinski definition) is 0. The maximum atomic E-state index is 3.83. The highest BCUT2D eigenvalue weighted by Crippen LogP contribution is 2.09. The lowest BCUT2D eigenvalue weighted by atomic mass is 10.2. The van der Waals surface area contributed by atoms with E-state index in [-0.39, 0.29) is 0 Å². The lowest BCUT2D eigenvalue weighted by molar-refractivity contribution is 0.647. The molecule has 0 amide bonds. The van der Waals surface area contributed by atoms with Crippen LogP contribution in [0.4, 0.5) is 0 Å². The highest BCUT2D eigenvalue weighted by molar-refractivity contribution is 5.34. The van der Waals surface area contributed by atoms with Gasteiger partial charge in [0.1, 0.15) is 12.7 Å². The van der Waals surface area contributed by atoms with E-state index >= 15 is 0 Å². The van der Waals surface area contributed by atoms with Crippen molar-refractivity contribution in [1.82, 2.24) is 40.4 Å². The van der Waals surface area contributed by atoms with Crippen molar-refractivity contribution in [1.29, 1.82) is 0 Å². The summed E-state index contributed by atoms with van der Waals surface area (Å²) < 4.78 is 3.25. The highest BCUT2D eigenvalue weighted by atomic mass is 15.5. The molecule has 84 valence electrons. The lowest BCUT2D eigenvalue weighted by Gasteiger charge is -2.03. The minimum atomic E-state index is 0.614. The van der Waals surface area contributed by atoms with Gasteiger partial charge in [-0.2, -0.15) is 0 Å². The molecule has 0 spiro atoms. The van der Waals surface area contributed by atoms with Crippen LogP contribution in [0.2, 0.25) is 0 Å². The lowest BCUT2D eigenvalue weighted by Crippen LogP contribution is -2.02. The van der Waals surface area contributed by atoms with Crippen molar-refractivity contribution in [3.05, 3.63) is 42.5 Å². The van der Waals surface area contributed by atoms with E-state index in [4.69, 9.17) is 0 Å². The molecule has 8 heteroatoms. The van der Waals surface area contributed by atoms with Gasteiger partial charge >= 0.3 is 0 Å². The van der Waals surface area contributed by atoms with Crippen LogP contribution in [0.5, 0.6) is 0 Å². The minimum Gasteiger partial charge on any atom is -0.228 e. The Labute approximate surface area is 95.9 Å². The molecule has 0 saturated heterocycles. The average molecular weight is 228 g/mol. The Balaban J connectivity index is 1.89. The molecule has 3 rings (SSSR count). The SMILES string of the molecule is c1cc(Cn2cnnn2)cc(-n2cnnn2)c1. The van der Waals surface area contributed by atoms with Gasteiger partial charge in [-0.25, -0.2) is 9.36 Å². The van der Waals surface area contributed by atoms with Gasteiger partial charge in [0.25, 0.3) is 0 Å². The molecule has 0 aliphatic rings. The first-order valence-electron chi connectivity index (χ1n) is 4.95. The molecule has 0 radical (unpaired) electrons. The van der Waals surface area contributed by atoms with Crippen LogP contribution in [-0.2, 0) is 6.54 Å². The number of tetrazole rings is 2. The van der Waals surface area contributed by atoms with E-state index in [1.165, 1.54) is 0 Å². The number of aromatic nitrogens is 8. The quantitative estimate of drug-likeness (QED) is 0.611. The summed E-state index contributed by atoms with van der Waals surface area (Å²) in [4.78, 5) is 0. The molecule has 8 nitrogen and oxygen atoms in total. The molecular formula is C9H8N8. The molecule has 0 unspecified atom stereocenters. The predicted molar refractivity (Wildman–Crippen MR) is 56.1 cm³/mol. The fourth-order valence-electron chi connectivity index (χ4n) is 1.52. The van der Waals surface area contributed by atoms with E-state index in [1.807, 2.05) is 24.3 Å². The third-order valence-electron chi connectivity index (χ3n) is 2.26. The van der Waals surface area contributed by atoms with E-state index in [1.54, 1.807) is 22.0 Å². The average Bonchev–Trinajstić information content (AvgIpc) is 3.01. The molecule has 0 aliphatic carbocycles. The first-order valence-corrected chi connectivity index (χ1v) is 4.95. The molecule has 0 atom stereocenters. The van der Waals surface area contributed by atoms with Gasteiger partial charge in [-0.15, -0.1) is 10.2 Å². The summed E-state index contributed by atoms with van der Waals surface area (Å²) in [6.07, 6.45) is 3.12. The van der Waals surface area contributed by atoms with Crippen LogP contribution >= 0.6 is 0 Å². The number of rotatable bonds is 3. The molecule has 0 saturated carbocycles. The summed E-state index contributed by atoms with van der Waals surface area (Å²) >= 11 is 0. The summed E-state index contributed by atoms with van der Waals surface area (Å²) in [5, 5.41) is 22.0. The van der Waals surface area contributed by atoms with Crippen molar-refractivity contribution >= 4 is 0 Å². The fourth-order valence-corrected chi connectivity index (χ4v) is 1.52. The summed E-state index contributed by atoms with van der Waals surface area (Å²) in [5.41, 5.74) is 1.98. The van der Waals surface area contributed by atoms with Crippen LogP contribution in [0.1, 0.15) is 5.56 Å². The molecule has 1 aromatic carbocycles. The van der Waals surface area contributed by atoms with Gasteiger partial charge in [0.05, 0.1) is 12.2 Å². The van der Waals surface area contributed by atoms with Crippen LogP contribution < -0.4 is 0 Å². The zero-order chi connectivity index (χ0) is 11.5. The Morgan fingerprint density at radius 1 is 1.00 bits per heavy atom. The van der Waals surface area contributed by atoms with E-state index in [2.05, 4.69) is 31.1 Å². The van der Waals surface area contributed by atoms with Crippen molar-refractivity contribution in [2.24, 2.45) is 0 Å². The third kappa shape index (κ3) is 2.00. The van der Waals surface area contributed by atoms with Crippen molar-refractivity contribution in [3.8, 4) is 5.69 Å². The van der Waals surface area contributed by atoms with E-state index in [0.717, 1.165) is 11.3 Å². The van der Waals surface area contributed by atoms with Gasteiger partial charge in [0, 0.05) is 0 Å². The Hall–Kier alpha value is -2.64. The maximum absolute atomic E-state index is 3.83. The van der Waals surface area contributed by atoms with Gasteiger partial charge in [0.2, 0.25) is 0 Å². The monoisotopic (exact) mass is 228 g/mol. The van der Waals surface area contributed by atoms with Crippen LogP contribution in [-0.4, -0.2) is 40.4 Å². The van der Waals surface area contributed by atoms with Crippen molar-refractivity contribution < 1.29 is 0 Å². The first-order chi connectivity index (χ1) is 8.42. The van der Waals surface area contributed by atoms with Crippen LogP contribution in [0.25, 0.3) is 5.69 Å². The zero-order valence-corrected chi connectivity index (χ0v) is 8.75. The summed E-state index contributed by atoms with van der Waals surface area (Å²) in [6, 6.07) is 7.85. The van der Waals surface area contributed by atoms with E-state index in [0.29, 0.717) is 6.54 Å². The zero-order valence-electron chi connectivity index (χ0n) is 8.75. The molecule has 0 aliphatic heterocycles. The Kier molecular flexibility index (Phi) is 2.30. The van der Waals surface area contributed by atoms with Gasteiger partial charge in [-0.1, -0.05) is 12.1 Å². The van der Waals surface area contributed by atoms with Crippen LogP contribution in [0.3, 0.4) is 0 Å². The van der Waals surface area contributed by atoms with Gasteiger partial charge < -0.3 is 0 Å². The summed E-state index contributed by atoms with van der Waals surface area (Å²) in [7, 11) is 0. The van der Waals surface area contributed by atoms with Gasteiger partial charge in [-0.05, 0) is 38.5 Å². The van der Waals surface area contributed by atoms with E-state index in [9.17, 15) is 0 Å². The number of hydrogen-bond acceptors (Lipinski definition) is 6. The van der Waals surface area contributed by atoms with Gasteiger partial charge in [-0.3, -0.25) is 0 Å². The Morgan fingerprint density at radius 2 is 1.88 bits per heavy atom. The summed E-state index contributed by atoms with van der Waals surface area (Å²) in [6.45, 7) is 0.614. The smallest absolute Gasteiger partial charge is 0.143 e. The predicted octanol–water partition coefficient (Wildman–Crippen LogP) is -0.303. The molecule has 2 aromatic heterocycles. The highest BCUT2D eigenvalue weighted by Gasteiger charge is 2.01. The fraction of sp³-hybridized carbons (Fsp3) is 0.111. The molecule has 0 N–H and O–H groups in total. The molecule has 3 aromatic rings. The van der Waals surface area contributed by atoms with Crippen molar-refractivity contribution in [2.75, 3.05) is 0 Å². The second-order valence-corrected chi connectivity index (χ2v) is 3.43. The standard InChI is InChI=1S/C9H8N8/c1-2-8(5-16-6-10-12-14-16)4-9(3-1)17-7-11-13-15-17/h1-4,6-7H,5H2. The number of benzene rings is 1. The largest absolute Gasteiger partial charge is 0.228 e. The molecule has 0 fully saturated rings. The van der Waals surface area contributed by atoms with Crippen molar-refractivity contribution in [3.63, 3.8) is 0 Å². The second kappa shape index (κ2) is 4.08. The molecular weight excluding hydrogens is 220 g/mol. The second-order valence-electron chi connectivity index (χ2n) is 3.43. The van der Waals surface area contributed by atoms with E-state index < -0.39 is 0 Å². The van der Waals surface area contributed by atoms with Crippen LogP contribution in [0, 0.1) is 0 Å². The van der Waals surface area contributed by atoms with Crippen molar-refractivity contribution in [2.45, 2.75) is 6.54 Å². The Bertz CT molecular complexity index is 585.